The van der Waals surface area contributed by atoms with Gasteiger partial charge in [0.25, 0.3) is 0 Å². The highest BCUT2D eigenvalue weighted by atomic mass is 16.4. The van der Waals surface area contributed by atoms with Crippen molar-refractivity contribution in [3.63, 3.8) is 0 Å². The molecule has 0 spiro atoms. The monoisotopic (exact) mass is 501 g/mol. The maximum absolute atomic E-state index is 13.0. The van der Waals surface area contributed by atoms with E-state index in [0.29, 0.717) is 25.8 Å². The van der Waals surface area contributed by atoms with Gasteiger partial charge in [-0.15, -0.1) is 0 Å². The number of hydrogen-bond donors (Lipinski definition) is 9. The highest BCUT2D eigenvalue weighted by Gasteiger charge is 2.29. The fourth-order valence-electron chi connectivity index (χ4n) is 2.93. The molecule has 14 N–H and O–H groups in total. The van der Waals surface area contributed by atoms with Crippen LogP contribution in [0.2, 0.25) is 0 Å². The molecular formula is C20H39N9O6. The van der Waals surface area contributed by atoms with Gasteiger partial charge in [0.05, 0.1) is 6.04 Å². The maximum atomic E-state index is 13.0. The number of unbranched alkanes of at least 4 members (excludes halogenated alkanes) is 1. The number of aliphatic carboxylic acids is 1. The number of nitrogens with one attached hydrogen (secondary N) is 3. The summed E-state index contributed by atoms with van der Waals surface area (Å²) in [5, 5.41) is 16.8. The summed E-state index contributed by atoms with van der Waals surface area (Å²) in [5.74, 6) is -4.19. The van der Waals surface area contributed by atoms with Crippen LogP contribution in [0.3, 0.4) is 0 Å². The Morgan fingerprint density at radius 3 is 1.77 bits per heavy atom. The van der Waals surface area contributed by atoms with E-state index in [1.165, 1.54) is 6.92 Å². The molecule has 4 unspecified atom stereocenters. The van der Waals surface area contributed by atoms with Crippen molar-refractivity contribution in [2.45, 2.75) is 76.0 Å². The van der Waals surface area contributed by atoms with Gasteiger partial charge in [0.15, 0.2) is 5.96 Å². The molecule has 0 heterocycles. The molecule has 0 aliphatic rings. The van der Waals surface area contributed by atoms with Gasteiger partial charge in [-0.05, 0) is 52.0 Å². The number of rotatable bonds is 18. The topological polar surface area (TPSA) is 284 Å². The minimum absolute atomic E-state index is 0.119. The molecule has 4 amide bonds. The zero-order valence-electron chi connectivity index (χ0n) is 20.0. The fraction of sp³-hybridized carbons (Fsp3) is 0.700. The minimum atomic E-state index is -1.38. The third-order valence-corrected chi connectivity index (χ3v) is 4.87. The number of guanidine groups is 1. The van der Waals surface area contributed by atoms with Gasteiger partial charge < -0.3 is 49.7 Å². The molecular weight excluding hydrogens is 462 g/mol. The first-order valence-corrected chi connectivity index (χ1v) is 11.3. The van der Waals surface area contributed by atoms with E-state index in [1.54, 1.807) is 0 Å². The van der Waals surface area contributed by atoms with Crippen LogP contribution in [0.15, 0.2) is 4.99 Å². The van der Waals surface area contributed by atoms with Gasteiger partial charge in [0.1, 0.15) is 18.1 Å². The smallest absolute Gasteiger partial charge is 0.326 e. The third kappa shape index (κ3) is 14.4. The zero-order chi connectivity index (χ0) is 27.0. The lowest BCUT2D eigenvalue weighted by Crippen LogP contribution is -2.57. The Bertz CT molecular complexity index is 755. The molecule has 200 valence electrons. The molecule has 0 aliphatic carbocycles. The average Bonchev–Trinajstić information content (AvgIpc) is 2.76. The van der Waals surface area contributed by atoms with Crippen LogP contribution in [0.4, 0.5) is 0 Å². The van der Waals surface area contributed by atoms with Gasteiger partial charge in [-0.2, -0.15) is 0 Å². The van der Waals surface area contributed by atoms with E-state index in [1.807, 2.05) is 0 Å². The second kappa shape index (κ2) is 17.0. The molecule has 15 heteroatoms. The highest BCUT2D eigenvalue weighted by molar-refractivity contribution is 5.94. The second-order valence-corrected chi connectivity index (χ2v) is 8.05. The molecule has 0 aromatic rings. The lowest BCUT2D eigenvalue weighted by molar-refractivity contribution is -0.142. The first kappa shape index (κ1) is 31.5. The molecule has 0 aromatic carbocycles. The van der Waals surface area contributed by atoms with Crippen LogP contribution < -0.4 is 44.6 Å². The van der Waals surface area contributed by atoms with Crippen LogP contribution in [0.1, 0.15) is 51.9 Å². The Balaban J connectivity index is 5.50. The van der Waals surface area contributed by atoms with E-state index in [2.05, 4.69) is 20.9 Å². The van der Waals surface area contributed by atoms with E-state index in [-0.39, 0.29) is 38.2 Å². The van der Waals surface area contributed by atoms with E-state index >= 15 is 0 Å². The highest BCUT2D eigenvalue weighted by Crippen LogP contribution is 2.06. The predicted octanol–water partition coefficient (Wildman–Crippen LogP) is -3.68. The molecule has 0 aromatic heterocycles. The number of nitrogens with two attached hydrogens (primary N) is 5. The lowest BCUT2D eigenvalue weighted by atomic mass is 10.0. The van der Waals surface area contributed by atoms with E-state index in [9.17, 15) is 29.1 Å². The number of aliphatic imine (C=N–C) groups is 1. The Morgan fingerprint density at radius 2 is 1.31 bits per heavy atom. The number of hydrogen-bond acceptors (Lipinski definition) is 8. The average molecular weight is 502 g/mol. The van der Waals surface area contributed by atoms with Crippen LogP contribution >= 0.6 is 0 Å². The molecule has 15 nitrogen and oxygen atoms in total. The predicted molar refractivity (Wildman–Crippen MR) is 128 cm³/mol. The maximum Gasteiger partial charge on any atom is 0.326 e. The van der Waals surface area contributed by atoms with E-state index < -0.39 is 53.8 Å². The summed E-state index contributed by atoms with van der Waals surface area (Å²) in [7, 11) is 0. The normalized spacial score (nSPS) is 14.0. The van der Waals surface area contributed by atoms with E-state index in [4.69, 9.17) is 28.7 Å². The number of carboxylic acid groups (broad SMARTS) is 1. The molecule has 0 saturated carbocycles. The third-order valence-electron chi connectivity index (χ3n) is 4.87. The number of primary amides is 1. The largest absolute Gasteiger partial charge is 0.480 e. The van der Waals surface area contributed by atoms with Gasteiger partial charge in [0, 0.05) is 13.0 Å². The SMILES string of the molecule is CC(N)C(=O)NC(CCCN=C(N)N)C(=O)NC(CCCCN)C(=O)NC(CCC(N)=O)C(=O)O. The van der Waals surface area contributed by atoms with Crippen molar-refractivity contribution in [1.29, 1.82) is 0 Å². The van der Waals surface area contributed by atoms with Gasteiger partial charge in [0.2, 0.25) is 23.6 Å². The summed E-state index contributed by atoms with van der Waals surface area (Å²) in [4.78, 5) is 64.2. The van der Waals surface area contributed by atoms with Crippen molar-refractivity contribution in [2.24, 2.45) is 33.7 Å². The number of nitrogens with zero attached hydrogens (tertiary/aromatic N) is 1. The summed E-state index contributed by atoms with van der Waals surface area (Å²) in [6.45, 7) is 2.02. The lowest BCUT2D eigenvalue weighted by Gasteiger charge is -2.25. The Labute approximate surface area is 204 Å². The number of carboxylic acids is 1. The Kier molecular flexibility index (Phi) is 15.4. The molecule has 35 heavy (non-hydrogen) atoms. The first-order valence-electron chi connectivity index (χ1n) is 11.3. The summed E-state index contributed by atoms with van der Waals surface area (Å²) in [6, 6.07) is -4.42. The summed E-state index contributed by atoms with van der Waals surface area (Å²) < 4.78 is 0. The van der Waals surface area contributed by atoms with Crippen molar-refractivity contribution in [2.75, 3.05) is 13.1 Å². The molecule has 0 saturated heterocycles. The van der Waals surface area contributed by atoms with Crippen molar-refractivity contribution in [1.82, 2.24) is 16.0 Å². The number of carbonyl (C=O) groups is 5. The van der Waals surface area contributed by atoms with Crippen LogP contribution in [-0.2, 0) is 24.0 Å². The van der Waals surface area contributed by atoms with Gasteiger partial charge in [-0.1, -0.05) is 0 Å². The minimum Gasteiger partial charge on any atom is -0.480 e. The van der Waals surface area contributed by atoms with Crippen LogP contribution in [0, 0.1) is 0 Å². The zero-order valence-corrected chi connectivity index (χ0v) is 20.0. The van der Waals surface area contributed by atoms with Crippen LogP contribution in [0.5, 0.6) is 0 Å². The molecule has 4 atom stereocenters. The summed E-state index contributed by atoms with van der Waals surface area (Å²) in [6.07, 6.45) is 1.23. The molecule has 0 rings (SSSR count). The molecule has 0 radical (unpaired) electrons. The summed E-state index contributed by atoms with van der Waals surface area (Å²) >= 11 is 0. The van der Waals surface area contributed by atoms with Crippen LogP contribution in [0.25, 0.3) is 0 Å². The van der Waals surface area contributed by atoms with Crippen molar-refractivity contribution in [3.05, 3.63) is 0 Å². The van der Waals surface area contributed by atoms with Crippen molar-refractivity contribution in [3.8, 4) is 0 Å². The van der Waals surface area contributed by atoms with Crippen molar-refractivity contribution >= 4 is 35.6 Å². The first-order chi connectivity index (χ1) is 16.4. The van der Waals surface area contributed by atoms with Gasteiger partial charge in [-0.3, -0.25) is 24.2 Å². The Hall–Kier alpha value is -3.46. The van der Waals surface area contributed by atoms with Crippen LogP contribution in [-0.4, -0.2) is 77.9 Å². The number of amides is 4. The Morgan fingerprint density at radius 1 is 0.800 bits per heavy atom. The second-order valence-electron chi connectivity index (χ2n) is 8.05. The van der Waals surface area contributed by atoms with E-state index in [0.717, 1.165) is 0 Å². The van der Waals surface area contributed by atoms with Gasteiger partial charge in [-0.25, -0.2) is 4.79 Å². The molecule has 0 fully saturated rings. The molecule has 0 bridgehead atoms. The number of carbonyl (C=O) groups excluding carboxylic acids is 4. The standard InChI is InChI=1S/C20H39N9O6/c1-11(22)16(31)27-13(6-4-10-26-20(24)25)17(32)28-12(5-2-3-9-21)18(33)29-14(19(34)35)7-8-15(23)30/h11-14H,2-10,21-22H2,1H3,(H2,23,30)(H,27,31)(H,28,32)(H,29,33)(H,34,35)(H4,24,25,26). The van der Waals surface area contributed by atoms with Crippen molar-refractivity contribution < 1.29 is 29.1 Å². The summed E-state index contributed by atoms with van der Waals surface area (Å²) in [5.41, 5.74) is 26.7. The molecule has 0 aliphatic heterocycles. The van der Waals surface area contributed by atoms with Gasteiger partial charge >= 0.3 is 5.97 Å². The quantitative estimate of drug-likeness (QED) is 0.0503. The fourth-order valence-corrected chi connectivity index (χ4v) is 2.93.